The molecule has 0 spiro atoms. The van der Waals surface area contributed by atoms with Crippen LogP contribution in [0.4, 0.5) is 0 Å². The number of aryl methyl sites for hydroxylation is 1. The maximum Gasteiger partial charge on any atom is 0.228 e. The molecule has 0 aliphatic carbocycles. The second kappa shape index (κ2) is 6.96. The quantitative estimate of drug-likeness (QED) is 0.907. The SMILES string of the molecule is Cc1ccccc1OCC1(O)CCN(C(=O)C2(C)CCN(C)CC2)C1. The minimum Gasteiger partial charge on any atom is -0.490 e. The summed E-state index contributed by atoms with van der Waals surface area (Å²) < 4.78 is 5.84. The van der Waals surface area contributed by atoms with Crippen LogP contribution < -0.4 is 4.74 Å². The zero-order chi connectivity index (χ0) is 18.1. The maximum atomic E-state index is 13.0. The molecule has 2 aliphatic rings. The number of hydrogen-bond acceptors (Lipinski definition) is 4. The number of benzene rings is 1. The Morgan fingerprint density at radius 2 is 1.88 bits per heavy atom. The van der Waals surface area contributed by atoms with E-state index in [4.69, 9.17) is 4.74 Å². The Balaban J connectivity index is 1.58. The minimum absolute atomic E-state index is 0.187. The number of β-amino-alcohol motifs (C(OH)–C–C–N with tert-alkyl or cyclic N) is 1. The van der Waals surface area contributed by atoms with Gasteiger partial charge < -0.3 is 19.6 Å². The van der Waals surface area contributed by atoms with Gasteiger partial charge in [-0.15, -0.1) is 0 Å². The summed E-state index contributed by atoms with van der Waals surface area (Å²) in [6, 6.07) is 7.80. The van der Waals surface area contributed by atoms with Crippen molar-refractivity contribution in [2.45, 2.75) is 38.7 Å². The van der Waals surface area contributed by atoms with Crippen molar-refractivity contribution in [2.75, 3.05) is 39.8 Å². The Morgan fingerprint density at radius 3 is 2.56 bits per heavy atom. The average Bonchev–Trinajstić information content (AvgIpc) is 2.99. The van der Waals surface area contributed by atoms with Gasteiger partial charge in [-0.25, -0.2) is 0 Å². The van der Waals surface area contributed by atoms with Gasteiger partial charge in [0, 0.05) is 12.0 Å². The largest absolute Gasteiger partial charge is 0.490 e. The lowest BCUT2D eigenvalue weighted by Crippen LogP contribution is -2.49. The van der Waals surface area contributed by atoms with Gasteiger partial charge in [0.25, 0.3) is 0 Å². The maximum absolute atomic E-state index is 13.0. The highest BCUT2D eigenvalue weighted by atomic mass is 16.5. The monoisotopic (exact) mass is 346 g/mol. The number of para-hydroxylation sites is 1. The van der Waals surface area contributed by atoms with Crippen LogP contribution in [-0.2, 0) is 4.79 Å². The predicted octanol–water partition coefficient (Wildman–Crippen LogP) is 2.07. The second-order valence-electron chi connectivity index (χ2n) is 8.12. The molecule has 2 heterocycles. The Morgan fingerprint density at radius 1 is 1.20 bits per heavy atom. The zero-order valence-electron chi connectivity index (χ0n) is 15.6. The van der Waals surface area contributed by atoms with Crippen LogP contribution in [-0.4, -0.2) is 66.2 Å². The van der Waals surface area contributed by atoms with Crippen molar-refractivity contribution in [3.8, 4) is 5.75 Å². The topological polar surface area (TPSA) is 53.0 Å². The number of ether oxygens (including phenoxy) is 1. The van der Waals surface area contributed by atoms with Crippen molar-refractivity contribution >= 4 is 5.91 Å². The van der Waals surface area contributed by atoms with Crippen LogP contribution in [0.1, 0.15) is 31.7 Å². The highest BCUT2D eigenvalue weighted by Gasteiger charge is 2.45. The van der Waals surface area contributed by atoms with E-state index in [0.717, 1.165) is 37.2 Å². The standard InChI is InChI=1S/C20H30N2O3/c1-16-6-4-5-7-17(16)25-15-20(24)10-13-22(14-20)18(23)19(2)8-11-21(3)12-9-19/h4-7,24H,8-15H2,1-3H3. The number of carbonyl (C=O) groups is 1. The van der Waals surface area contributed by atoms with Crippen molar-refractivity contribution in [2.24, 2.45) is 5.41 Å². The molecule has 0 aromatic heterocycles. The normalized spacial score (nSPS) is 26.6. The van der Waals surface area contributed by atoms with E-state index in [1.807, 2.05) is 36.1 Å². The number of carbonyl (C=O) groups excluding carboxylic acids is 1. The molecular formula is C20H30N2O3. The Labute approximate surface area is 150 Å². The second-order valence-corrected chi connectivity index (χ2v) is 8.12. The highest BCUT2D eigenvalue weighted by molar-refractivity contribution is 5.83. The molecule has 1 aromatic carbocycles. The third-order valence-corrected chi connectivity index (χ3v) is 5.82. The first-order valence-electron chi connectivity index (χ1n) is 9.20. The van der Waals surface area contributed by atoms with E-state index >= 15 is 0 Å². The molecule has 1 aromatic rings. The van der Waals surface area contributed by atoms with Crippen molar-refractivity contribution in [3.63, 3.8) is 0 Å². The van der Waals surface area contributed by atoms with Crippen LogP contribution >= 0.6 is 0 Å². The number of piperidine rings is 1. The molecule has 2 fully saturated rings. The summed E-state index contributed by atoms with van der Waals surface area (Å²) in [6.07, 6.45) is 2.34. The third-order valence-electron chi connectivity index (χ3n) is 5.82. The smallest absolute Gasteiger partial charge is 0.228 e. The minimum atomic E-state index is -0.959. The first-order chi connectivity index (χ1) is 11.8. The molecule has 5 nitrogen and oxygen atoms in total. The van der Waals surface area contributed by atoms with Crippen LogP contribution in [0.15, 0.2) is 24.3 Å². The Hall–Kier alpha value is -1.59. The molecule has 3 rings (SSSR count). The number of amides is 1. The van der Waals surface area contributed by atoms with Crippen LogP contribution in [0, 0.1) is 12.3 Å². The summed E-state index contributed by atoms with van der Waals surface area (Å²) in [4.78, 5) is 17.1. The van der Waals surface area contributed by atoms with Crippen LogP contribution in [0.3, 0.4) is 0 Å². The molecule has 0 bridgehead atoms. The molecule has 2 saturated heterocycles. The molecule has 1 unspecified atom stereocenters. The fraction of sp³-hybridized carbons (Fsp3) is 0.650. The van der Waals surface area contributed by atoms with E-state index in [1.54, 1.807) is 0 Å². The summed E-state index contributed by atoms with van der Waals surface area (Å²) in [5.41, 5.74) is -0.204. The molecule has 5 heteroatoms. The Kier molecular flexibility index (Phi) is 5.07. The Bertz CT molecular complexity index is 625. The molecule has 0 saturated carbocycles. The first-order valence-corrected chi connectivity index (χ1v) is 9.20. The molecule has 2 aliphatic heterocycles. The van der Waals surface area contributed by atoms with E-state index < -0.39 is 5.60 Å². The lowest BCUT2D eigenvalue weighted by molar-refractivity contribution is -0.144. The predicted molar refractivity (Wildman–Crippen MR) is 97.7 cm³/mol. The van der Waals surface area contributed by atoms with Crippen LogP contribution in [0.5, 0.6) is 5.75 Å². The number of rotatable bonds is 4. The van der Waals surface area contributed by atoms with Gasteiger partial charge in [-0.3, -0.25) is 4.79 Å². The van der Waals surface area contributed by atoms with Gasteiger partial charge in [0.2, 0.25) is 5.91 Å². The summed E-state index contributed by atoms with van der Waals surface area (Å²) >= 11 is 0. The number of hydrogen-bond donors (Lipinski definition) is 1. The lowest BCUT2D eigenvalue weighted by atomic mass is 9.79. The van der Waals surface area contributed by atoms with Gasteiger partial charge in [-0.2, -0.15) is 0 Å². The average molecular weight is 346 g/mol. The number of nitrogens with zero attached hydrogens (tertiary/aromatic N) is 2. The van der Waals surface area contributed by atoms with E-state index in [9.17, 15) is 9.90 Å². The summed E-state index contributed by atoms with van der Waals surface area (Å²) in [6.45, 7) is 7.17. The molecular weight excluding hydrogens is 316 g/mol. The van der Waals surface area contributed by atoms with Gasteiger partial charge >= 0.3 is 0 Å². The first kappa shape index (κ1) is 18.2. The molecule has 1 N–H and O–H groups in total. The van der Waals surface area contributed by atoms with Crippen LogP contribution in [0.2, 0.25) is 0 Å². The van der Waals surface area contributed by atoms with Gasteiger partial charge in [0.05, 0.1) is 6.54 Å². The van der Waals surface area contributed by atoms with Crippen molar-refractivity contribution in [1.29, 1.82) is 0 Å². The fourth-order valence-electron chi connectivity index (χ4n) is 3.79. The summed E-state index contributed by atoms with van der Waals surface area (Å²) in [5, 5.41) is 10.9. The van der Waals surface area contributed by atoms with E-state index in [2.05, 4.69) is 18.9 Å². The summed E-state index contributed by atoms with van der Waals surface area (Å²) in [5.74, 6) is 0.982. The number of aliphatic hydroxyl groups is 1. The van der Waals surface area contributed by atoms with Gasteiger partial charge in [0.15, 0.2) is 0 Å². The highest BCUT2D eigenvalue weighted by Crippen LogP contribution is 2.35. The number of likely N-dealkylation sites (tertiary alicyclic amines) is 2. The van der Waals surface area contributed by atoms with E-state index in [0.29, 0.717) is 19.5 Å². The molecule has 25 heavy (non-hydrogen) atoms. The fourth-order valence-corrected chi connectivity index (χ4v) is 3.79. The van der Waals surface area contributed by atoms with Crippen molar-refractivity contribution in [3.05, 3.63) is 29.8 Å². The lowest BCUT2D eigenvalue weighted by Gasteiger charge is -2.39. The van der Waals surface area contributed by atoms with Crippen molar-refractivity contribution < 1.29 is 14.6 Å². The van der Waals surface area contributed by atoms with Gasteiger partial charge in [-0.05, 0) is 58.0 Å². The van der Waals surface area contributed by atoms with Crippen LogP contribution in [0.25, 0.3) is 0 Å². The third kappa shape index (κ3) is 3.98. The molecule has 1 atom stereocenters. The van der Waals surface area contributed by atoms with Gasteiger partial charge in [-0.1, -0.05) is 25.1 Å². The van der Waals surface area contributed by atoms with E-state index in [-0.39, 0.29) is 17.9 Å². The summed E-state index contributed by atoms with van der Waals surface area (Å²) in [7, 11) is 2.10. The van der Waals surface area contributed by atoms with Crippen molar-refractivity contribution in [1.82, 2.24) is 9.80 Å². The van der Waals surface area contributed by atoms with E-state index in [1.165, 1.54) is 0 Å². The zero-order valence-corrected chi connectivity index (χ0v) is 15.6. The molecule has 138 valence electrons. The van der Waals surface area contributed by atoms with Gasteiger partial charge in [0.1, 0.15) is 18.0 Å². The molecule has 0 radical (unpaired) electrons. The molecule has 1 amide bonds.